The van der Waals surface area contributed by atoms with E-state index in [0.29, 0.717) is 0 Å². The highest BCUT2D eigenvalue weighted by atomic mass is 35.5. The Labute approximate surface area is 224 Å². The lowest BCUT2D eigenvalue weighted by molar-refractivity contribution is -0.905. The monoisotopic (exact) mass is 519 g/mol. The number of hydrogen-bond donors (Lipinski definition) is 0. The third-order valence-corrected chi connectivity index (χ3v) is 6.61. The normalized spacial score (nSPS) is 11.6. The van der Waals surface area contributed by atoms with Crippen LogP contribution in [-0.4, -0.2) is 62.3 Å². The van der Waals surface area contributed by atoms with Crippen molar-refractivity contribution < 1.29 is 38.5 Å². The van der Waals surface area contributed by atoms with Gasteiger partial charge in [-0.15, -0.1) is 0 Å². The fourth-order valence-corrected chi connectivity index (χ4v) is 4.56. The molecule has 1 aromatic heterocycles. The topological polar surface area (TPSA) is 22.1 Å². The number of unbranched alkanes of at least 4 members (excludes halogenated alkanes) is 10. The van der Waals surface area contributed by atoms with Crippen LogP contribution in [0.1, 0.15) is 102 Å². The van der Waals surface area contributed by atoms with Gasteiger partial charge in [0.25, 0.3) is 0 Å². The third-order valence-electron chi connectivity index (χ3n) is 6.61. The molecule has 1 rings (SSSR count). The van der Waals surface area contributed by atoms with Crippen molar-refractivity contribution >= 4 is 0 Å². The zero-order chi connectivity index (χ0) is 23.9. The Hall–Kier alpha value is -0.550. The lowest BCUT2D eigenvalue weighted by atomic mass is 10.1. The zero-order valence-corrected chi connectivity index (χ0v) is 25.0. The van der Waals surface area contributed by atoms with E-state index in [9.17, 15) is 0 Å². The molecular formula is C28H55Cl2N3O. The molecule has 0 aliphatic rings. The van der Waals surface area contributed by atoms with Crippen molar-refractivity contribution in [2.45, 2.75) is 104 Å². The molecule has 0 N–H and O–H groups in total. The molecule has 0 aromatic carbocycles. The molecule has 0 atom stereocenters. The maximum atomic E-state index is 5.68. The van der Waals surface area contributed by atoms with Crippen LogP contribution in [0, 0.1) is 0 Å². The first-order valence-corrected chi connectivity index (χ1v) is 13.4. The maximum absolute atomic E-state index is 5.68. The van der Waals surface area contributed by atoms with Gasteiger partial charge in [-0.1, -0.05) is 65.2 Å². The summed E-state index contributed by atoms with van der Waals surface area (Å²) in [5.74, 6) is 0.934. The summed E-state index contributed by atoms with van der Waals surface area (Å²) in [6.07, 6.45) is 16.2. The number of rotatable bonds is 19. The maximum Gasteiger partial charge on any atom is 0.146 e. The molecule has 4 nitrogen and oxygen atoms in total. The highest BCUT2D eigenvalue weighted by molar-refractivity contribution is 5.28. The van der Waals surface area contributed by atoms with Crippen LogP contribution in [0.4, 0.5) is 0 Å². The molecule has 0 aliphatic heterocycles. The third kappa shape index (κ3) is 16.2. The number of aromatic nitrogens is 1. The average molecular weight is 521 g/mol. The molecular weight excluding hydrogens is 465 g/mol. The van der Waals surface area contributed by atoms with Gasteiger partial charge >= 0.3 is 0 Å². The fraction of sp³-hybridized carbons (Fsp3) is 0.821. The summed E-state index contributed by atoms with van der Waals surface area (Å²) in [5, 5.41) is 0. The molecule has 1 aromatic rings. The first kappa shape index (κ1) is 35.6. The number of pyridine rings is 1. The van der Waals surface area contributed by atoms with Crippen molar-refractivity contribution in [3.63, 3.8) is 0 Å². The summed E-state index contributed by atoms with van der Waals surface area (Å²) in [4.78, 5) is 5.10. The zero-order valence-electron chi connectivity index (χ0n) is 23.5. The molecule has 0 fully saturated rings. The molecule has 0 saturated carbocycles. The van der Waals surface area contributed by atoms with Crippen LogP contribution in [0.15, 0.2) is 12.1 Å². The quantitative estimate of drug-likeness (QED) is 0.200. The molecule has 0 saturated heterocycles. The number of hydrogen-bond acceptors (Lipinski definition) is 2. The second-order valence-corrected chi connectivity index (χ2v) is 11.1. The molecule has 6 heteroatoms. The molecule has 0 aliphatic carbocycles. The van der Waals surface area contributed by atoms with Crippen LogP contribution in [0.3, 0.4) is 0 Å². The Morgan fingerprint density at radius 3 is 1.56 bits per heavy atom. The van der Waals surface area contributed by atoms with Crippen LogP contribution in [-0.2, 0) is 13.1 Å². The minimum Gasteiger partial charge on any atom is -1.00 e. The van der Waals surface area contributed by atoms with Gasteiger partial charge in [-0.2, -0.15) is 0 Å². The van der Waals surface area contributed by atoms with Crippen LogP contribution in [0.25, 0.3) is 0 Å². The van der Waals surface area contributed by atoms with E-state index in [-0.39, 0.29) is 24.8 Å². The fourth-order valence-electron chi connectivity index (χ4n) is 4.56. The van der Waals surface area contributed by atoms with Gasteiger partial charge in [-0.05, 0) is 37.8 Å². The van der Waals surface area contributed by atoms with Crippen molar-refractivity contribution in [2.24, 2.45) is 0 Å². The standard InChI is InChI=1S/C28H55N3O.2ClH/c1-8-10-12-14-16-18-22-30(3,4)24-26-20-21-28(32-7)27(29-26)25-31(5,6)23-19-17-15-13-11-9-2;;/h20-21H,8-19,22-25H2,1-7H3;2*1H/q+2;;/p-2. The van der Waals surface area contributed by atoms with Gasteiger partial charge in [0.15, 0.2) is 0 Å². The number of nitrogens with zero attached hydrogens (tertiary/aromatic N) is 3. The SMILES string of the molecule is CCCCCCCC[N+](C)(C)Cc1ccc(OC)c(C[N+](C)(C)CCCCCCCC)n1.[Cl-].[Cl-]. The van der Waals surface area contributed by atoms with Crippen molar-refractivity contribution in [1.82, 2.24) is 4.98 Å². The number of ether oxygens (including phenoxy) is 1. The Bertz CT molecular complexity index is 624. The number of halogens is 2. The molecule has 0 radical (unpaired) electrons. The van der Waals surface area contributed by atoms with Crippen LogP contribution in [0.5, 0.6) is 5.75 Å². The Balaban J connectivity index is 0. The summed E-state index contributed by atoms with van der Waals surface area (Å²) in [6.45, 7) is 8.89. The van der Waals surface area contributed by atoms with E-state index in [0.717, 1.165) is 33.5 Å². The van der Waals surface area contributed by atoms with E-state index < -0.39 is 0 Å². The van der Waals surface area contributed by atoms with Gasteiger partial charge in [-0.3, -0.25) is 0 Å². The van der Waals surface area contributed by atoms with E-state index in [2.05, 4.69) is 54.2 Å². The smallest absolute Gasteiger partial charge is 0.146 e. The largest absolute Gasteiger partial charge is 1.00 e. The Morgan fingerprint density at radius 1 is 0.647 bits per heavy atom. The highest BCUT2D eigenvalue weighted by Gasteiger charge is 2.22. The molecule has 0 amide bonds. The van der Waals surface area contributed by atoms with Crippen molar-refractivity contribution in [2.75, 3.05) is 48.4 Å². The summed E-state index contributed by atoms with van der Waals surface area (Å²) in [7, 11) is 11.1. The van der Waals surface area contributed by atoms with Gasteiger partial charge in [0.1, 0.15) is 24.5 Å². The predicted octanol–water partition coefficient (Wildman–Crippen LogP) is 0.972. The summed E-state index contributed by atoms with van der Waals surface area (Å²) >= 11 is 0. The molecule has 0 unspecified atom stereocenters. The summed E-state index contributed by atoms with van der Waals surface area (Å²) in [6, 6.07) is 4.30. The van der Waals surface area contributed by atoms with Gasteiger partial charge in [0.05, 0.1) is 54.1 Å². The van der Waals surface area contributed by atoms with Gasteiger partial charge in [0, 0.05) is 0 Å². The molecule has 202 valence electrons. The van der Waals surface area contributed by atoms with E-state index >= 15 is 0 Å². The molecule has 0 spiro atoms. The predicted molar refractivity (Wildman–Crippen MR) is 139 cm³/mol. The summed E-state index contributed by atoms with van der Waals surface area (Å²) < 4.78 is 7.65. The minimum atomic E-state index is 0. The molecule has 34 heavy (non-hydrogen) atoms. The van der Waals surface area contributed by atoms with E-state index in [1.165, 1.54) is 95.8 Å². The first-order chi connectivity index (χ1) is 15.2. The van der Waals surface area contributed by atoms with Crippen molar-refractivity contribution in [1.29, 1.82) is 0 Å². The van der Waals surface area contributed by atoms with Gasteiger partial charge in [-0.25, -0.2) is 4.98 Å². The van der Waals surface area contributed by atoms with E-state index in [1.807, 2.05) is 0 Å². The van der Waals surface area contributed by atoms with Crippen LogP contribution < -0.4 is 29.6 Å². The Kier molecular flexibility index (Phi) is 20.5. The van der Waals surface area contributed by atoms with Gasteiger partial charge < -0.3 is 38.5 Å². The van der Waals surface area contributed by atoms with Crippen LogP contribution in [0.2, 0.25) is 0 Å². The molecule has 1 heterocycles. The van der Waals surface area contributed by atoms with Crippen LogP contribution >= 0.6 is 0 Å². The lowest BCUT2D eigenvalue weighted by Gasteiger charge is -2.31. The Morgan fingerprint density at radius 2 is 1.09 bits per heavy atom. The second-order valence-electron chi connectivity index (χ2n) is 11.1. The first-order valence-electron chi connectivity index (χ1n) is 13.4. The van der Waals surface area contributed by atoms with Crippen molar-refractivity contribution in [3.05, 3.63) is 23.5 Å². The number of quaternary nitrogens is 2. The minimum absolute atomic E-state index is 0. The highest BCUT2D eigenvalue weighted by Crippen LogP contribution is 2.22. The van der Waals surface area contributed by atoms with Gasteiger partial charge in [0.2, 0.25) is 0 Å². The average Bonchev–Trinajstić information content (AvgIpc) is 2.73. The summed E-state index contributed by atoms with van der Waals surface area (Å²) in [5.41, 5.74) is 2.30. The second kappa shape index (κ2) is 19.6. The molecule has 0 bridgehead atoms. The van der Waals surface area contributed by atoms with E-state index in [1.54, 1.807) is 7.11 Å². The number of methoxy groups -OCH3 is 1. The van der Waals surface area contributed by atoms with Crippen molar-refractivity contribution in [3.8, 4) is 5.75 Å². The lowest BCUT2D eigenvalue weighted by Crippen LogP contribution is -3.00. The van der Waals surface area contributed by atoms with E-state index in [4.69, 9.17) is 9.72 Å².